The maximum absolute atomic E-state index is 12.7. The van der Waals surface area contributed by atoms with Crippen molar-refractivity contribution < 1.29 is 9.21 Å². The Morgan fingerprint density at radius 3 is 1.95 bits per heavy atom. The van der Waals surface area contributed by atoms with Crippen molar-refractivity contribution in [3.63, 3.8) is 0 Å². The summed E-state index contributed by atoms with van der Waals surface area (Å²) in [7, 11) is 0. The van der Waals surface area contributed by atoms with E-state index in [1.807, 2.05) is 36.4 Å². The number of Topliss-reactive ketones (excluding diaryl/α,β-unsaturated/α-hetero) is 1. The normalized spacial score (nSPS) is 13.0. The van der Waals surface area contributed by atoms with Crippen LogP contribution in [0.1, 0.15) is 27.6 Å². The van der Waals surface area contributed by atoms with E-state index in [9.17, 15) is 4.79 Å². The first-order valence-electron chi connectivity index (χ1n) is 6.62. The molecule has 0 bridgehead atoms. The first kappa shape index (κ1) is 11.2. The minimum atomic E-state index is -0.256. The molecule has 0 radical (unpaired) electrons. The van der Waals surface area contributed by atoms with Gasteiger partial charge in [0, 0.05) is 0 Å². The summed E-state index contributed by atoms with van der Waals surface area (Å²) in [6.07, 6.45) is 1.54. The maximum atomic E-state index is 12.7. The molecular formula is C18H12O2. The van der Waals surface area contributed by atoms with E-state index in [1.165, 1.54) is 0 Å². The molecule has 0 N–H and O–H groups in total. The van der Waals surface area contributed by atoms with Crippen LogP contribution in [-0.4, -0.2) is 5.78 Å². The van der Waals surface area contributed by atoms with Crippen LogP contribution in [0.3, 0.4) is 0 Å². The van der Waals surface area contributed by atoms with E-state index >= 15 is 0 Å². The van der Waals surface area contributed by atoms with Crippen LogP contribution in [0.4, 0.5) is 0 Å². The van der Waals surface area contributed by atoms with Gasteiger partial charge in [-0.3, -0.25) is 4.79 Å². The third kappa shape index (κ3) is 1.48. The lowest BCUT2D eigenvalue weighted by Gasteiger charge is -2.10. The number of hydrogen-bond donors (Lipinski definition) is 0. The molecule has 0 amide bonds. The highest BCUT2D eigenvalue weighted by molar-refractivity contribution is 6.05. The number of fused-ring (bicyclic) bond motifs is 3. The molecule has 4 rings (SSSR count). The van der Waals surface area contributed by atoms with Crippen LogP contribution in [0, 0.1) is 0 Å². The third-order valence-corrected chi connectivity index (χ3v) is 3.86. The number of furan rings is 1. The Morgan fingerprint density at radius 2 is 1.40 bits per heavy atom. The number of carbonyl (C=O) groups is 1. The first-order chi connectivity index (χ1) is 9.86. The van der Waals surface area contributed by atoms with Gasteiger partial charge in [0.1, 0.15) is 0 Å². The second-order valence-corrected chi connectivity index (χ2v) is 4.95. The Kier molecular flexibility index (Phi) is 2.36. The molecule has 2 aromatic carbocycles. The summed E-state index contributed by atoms with van der Waals surface area (Å²) >= 11 is 0. The molecule has 3 aromatic rings. The number of carbonyl (C=O) groups excluding carboxylic acids is 1. The van der Waals surface area contributed by atoms with Gasteiger partial charge in [-0.25, -0.2) is 0 Å². The summed E-state index contributed by atoms with van der Waals surface area (Å²) in [6.45, 7) is 0. The minimum absolute atomic E-state index is 0.0207. The maximum Gasteiger partial charge on any atom is 0.209 e. The summed E-state index contributed by atoms with van der Waals surface area (Å²) in [5, 5.41) is 0. The molecule has 1 aromatic heterocycles. The molecule has 0 unspecified atom stereocenters. The molecule has 0 spiro atoms. The van der Waals surface area contributed by atoms with Crippen molar-refractivity contribution in [3.05, 3.63) is 83.8 Å². The van der Waals surface area contributed by atoms with Gasteiger partial charge in [0.25, 0.3) is 0 Å². The van der Waals surface area contributed by atoms with Gasteiger partial charge in [-0.1, -0.05) is 48.5 Å². The number of rotatable bonds is 2. The molecule has 20 heavy (non-hydrogen) atoms. The highest BCUT2D eigenvalue weighted by atomic mass is 16.3. The fourth-order valence-corrected chi connectivity index (χ4v) is 3.00. The predicted octanol–water partition coefficient (Wildman–Crippen LogP) is 4.27. The van der Waals surface area contributed by atoms with Crippen molar-refractivity contribution in [1.29, 1.82) is 0 Å². The predicted molar refractivity (Wildman–Crippen MR) is 76.8 cm³/mol. The molecule has 96 valence electrons. The van der Waals surface area contributed by atoms with E-state index in [0.29, 0.717) is 5.76 Å². The third-order valence-electron chi connectivity index (χ3n) is 3.86. The molecule has 0 aliphatic heterocycles. The Bertz CT molecular complexity index is 739. The average molecular weight is 260 g/mol. The van der Waals surface area contributed by atoms with Crippen molar-refractivity contribution in [1.82, 2.24) is 0 Å². The highest BCUT2D eigenvalue weighted by Gasteiger charge is 2.34. The zero-order valence-corrected chi connectivity index (χ0v) is 10.7. The number of ketones is 1. The van der Waals surface area contributed by atoms with Gasteiger partial charge in [0.05, 0.1) is 12.2 Å². The Morgan fingerprint density at radius 1 is 0.800 bits per heavy atom. The van der Waals surface area contributed by atoms with Gasteiger partial charge in [0.2, 0.25) is 5.78 Å². The fraction of sp³-hybridized carbons (Fsp3) is 0.0556. The van der Waals surface area contributed by atoms with Gasteiger partial charge in [-0.2, -0.15) is 0 Å². The summed E-state index contributed by atoms with van der Waals surface area (Å²) < 4.78 is 5.29. The summed E-state index contributed by atoms with van der Waals surface area (Å²) in [5.41, 5.74) is 4.42. The average Bonchev–Trinajstić information content (AvgIpc) is 3.13. The quantitative estimate of drug-likeness (QED) is 0.644. The van der Waals surface area contributed by atoms with Crippen LogP contribution in [0.15, 0.2) is 71.3 Å². The second kappa shape index (κ2) is 4.20. The monoisotopic (exact) mass is 260 g/mol. The van der Waals surface area contributed by atoms with Crippen LogP contribution in [0.25, 0.3) is 11.1 Å². The molecular weight excluding hydrogens is 248 g/mol. The fourth-order valence-electron chi connectivity index (χ4n) is 3.00. The largest absolute Gasteiger partial charge is 0.461 e. The zero-order valence-electron chi connectivity index (χ0n) is 10.7. The van der Waals surface area contributed by atoms with Crippen molar-refractivity contribution in [2.45, 2.75) is 5.92 Å². The van der Waals surface area contributed by atoms with E-state index in [0.717, 1.165) is 22.3 Å². The first-order valence-corrected chi connectivity index (χ1v) is 6.62. The molecule has 0 saturated carbocycles. The van der Waals surface area contributed by atoms with Crippen LogP contribution >= 0.6 is 0 Å². The van der Waals surface area contributed by atoms with E-state index in [1.54, 1.807) is 18.4 Å². The molecule has 0 saturated heterocycles. The van der Waals surface area contributed by atoms with Crippen LogP contribution in [0.2, 0.25) is 0 Å². The molecule has 1 aliphatic carbocycles. The standard InChI is InChI=1S/C18H12O2/c19-18(16-10-5-11-20-16)17-14-8-3-1-6-12(14)13-7-2-4-9-15(13)17/h1-11,17H. The van der Waals surface area contributed by atoms with Crippen molar-refractivity contribution >= 4 is 5.78 Å². The van der Waals surface area contributed by atoms with Crippen molar-refractivity contribution in [2.24, 2.45) is 0 Å². The molecule has 0 atom stereocenters. The molecule has 2 heteroatoms. The van der Waals surface area contributed by atoms with Crippen LogP contribution in [0.5, 0.6) is 0 Å². The highest BCUT2D eigenvalue weighted by Crippen LogP contribution is 2.45. The van der Waals surface area contributed by atoms with Crippen LogP contribution < -0.4 is 0 Å². The molecule has 1 aliphatic rings. The Balaban J connectivity index is 1.94. The lowest BCUT2D eigenvalue weighted by atomic mass is 9.91. The lowest BCUT2D eigenvalue weighted by Crippen LogP contribution is -2.11. The van der Waals surface area contributed by atoms with E-state index in [2.05, 4.69) is 12.1 Å². The molecule has 0 fully saturated rings. The van der Waals surface area contributed by atoms with Gasteiger partial charge >= 0.3 is 0 Å². The topological polar surface area (TPSA) is 30.2 Å². The van der Waals surface area contributed by atoms with E-state index < -0.39 is 0 Å². The molecule has 2 nitrogen and oxygen atoms in total. The SMILES string of the molecule is O=C(c1ccco1)C1c2ccccc2-c2ccccc21. The Hall–Kier alpha value is -2.61. The van der Waals surface area contributed by atoms with E-state index in [4.69, 9.17) is 4.42 Å². The van der Waals surface area contributed by atoms with Gasteiger partial charge in [-0.05, 0) is 34.4 Å². The summed E-state index contributed by atoms with van der Waals surface area (Å²) in [4.78, 5) is 12.7. The summed E-state index contributed by atoms with van der Waals surface area (Å²) in [5.74, 6) is 0.183. The number of benzene rings is 2. The lowest BCUT2D eigenvalue weighted by molar-refractivity contribution is 0.0948. The minimum Gasteiger partial charge on any atom is -0.461 e. The van der Waals surface area contributed by atoms with Gasteiger partial charge in [0.15, 0.2) is 5.76 Å². The van der Waals surface area contributed by atoms with Crippen LogP contribution in [-0.2, 0) is 0 Å². The zero-order chi connectivity index (χ0) is 13.5. The van der Waals surface area contributed by atoms with Crippen molar-refractivity contribution in [2.75, 3.05) is 0 Å². The smallest absolute Gasteiger partial charge is 0.209 e. The van der Waals surface area contributed by atoms with E-state index in [-0.39, 0.29) is 11.7 Å². The second-order valence-electron chi connectivity index (χ2n) is 4.95. The molecule has 1 heterocycles. The van der Waals surface area contributed by atoms with Crippen molar-refractivity contribution in [3.8, 4) is 11.1 Å². The van der Waals surface area contributed by atoms with Gasteiger partial charge < -0.3 is 4.42 Å². The summed E-state index contributed by atoms with van der Waals surface area (Å²) in [6, 6.07) is 19.7. The Labute approximate surface area is 116 Å². The van der Waals surface area contributed by atoms with Gasteiger partial charge in [-0.15, -0.1) is 0 Å². The number of hydrogen-bond acceptors (Lipinski definition) is 2.